The highest BCUT2D eigenvalue weighted by Gasteiger charge is 2.20. The van der Waals surface area contributed by atoms with Crippen molar-refractivity contribution in [3.8, 4) is 0 Å². The first-order valence-electron chi connectivity index (χ1n) is 5.53. The molecule has 1 aromatic carbocycles. The number of allylic oxidation sites excluding steroid dienone is 2. The maximum atomic E-state index is 10.9. The fourth-order valence-corrected chi connectivity index (χ4v) is 2.02. The van der Waals surface area contributed by atoms with Crippen LogP contribution in [-0.4, -0.2) is 18.6 Å². The van der Waals surface area contributed by atoms with Gasteiger partial charge in [-0.05, 0) is 30.3 Å². The Hall–Kier alpha value is -1.83. The molecule has 0 radical (unpaired) electrons. The van der Waals surface area contributed by atoms with E-state index in [9.17, 15) is 8.42 Å². The van der Waals surface area contributed by atoms with Crippen LogP contribution in [0.25, 0.3) is 0 Å². The minimum atomic E-state index is -4.18. The lowest BCUT2D eigenvalue weighted by Crippen LogP contribution is -2.34. The summed E-state index contributed by atoms with van der Waals surface area (Å²) in [5.74, 6) is 0. The molecule has 0 saturated heterocycles. The molecular formula is C12H13N3O3S. The Balaban J connectivity index is 2.16. The van der Waals surface area contributed by atoms with E-state index < -0.39 is 15.8 Å². The zero-order valence-corrected chi connectivity index (χ0v) is 10.8. The van der Waals surface area contributed by atoms with Crippen LogP contribution >= 0.6 is 0 Å². The molecule has 0 bridgehead atoms. The number of hydrogen-bond donors (Lipinski definition) is 2. The first kappa shape index (κ1) is 13.6. The van der Waals surface area contributed by atoms with Gasteiger partial charge in [0.2, 0.25) is 0 Å². The lowest BCUT2D eigenvalue weighted by atomic mass is 10.0. The van der Waals surface area contributed by atoms with Crippen molar-refractivity contribution >= 4 is 15.8 Å². The van der Waals surface area contributed by atoms with Crippen LogP contribution in [0.15, 0.2) is 63.7 Å². The van der Waals surface area contributed by atoms with E-state index in [1.54, 1.807) is 12.2 Å². The van der Waals surface area contributed by atoms with E-state index in [-0.39, 0.29) is 4.90 Å². The van der Waals surface area contributed by atoms with Gasteiger partial charge >= 0.3 is 0 Å². The SMILES string of the molecule is NC1(/N=N/c2ccc(S(=O)(=O)O)cc2)C=CC=CC1. The van der Waals surface area contributed by atoms with Crippen molar-refractivity contribution in [2.24, 2.45) is 16.0 Å². The van der Waals surface area contributed by atoms with Crippen molar-refractivity contribution < 1.29 is 13.0 Å². The summed E-state index contributed by atoms with van der Waals surface area (Å²) in [6.07, 6.45) is 7.85. The predicted octanol–water partition coefficient (Wildman–Crippen LogP) is 2.19. The second-order valence-electron chi connectivity index (χ2n) is 4.15. The number of azo groups is 1. The van der Waals surface area contributed by atoms with Crippen LogP contribution in [0.1, 0.15) is 6.42 Å². The van der Waals surface area contributed by atoms with Gasteiger partial charge < -0.3 is 5.73 Å². The molecule has 19 heavy (non-hydrogen) atoms. The molecule has 1 aromatic rings. The topological polar surface area (TPSA) is 105 Å². The zero-order chi connectivity index (χ0) is 13.9. The monoisotopic (exact) mass is 279 g/mol. The summed E-state index contributed by atoms with van der Waals surface area (Å²) in [4.78, 5) is -0.186. The first-order chi connectivity index (χ1) is 8.89. The Kier molecular flexibility index (Phi) is 3.61. The third-order valence-electron chi connectivity index (χ3n) is 2.56. The summed E-state index contributed by atoms with van der Waals surface area (Å²) in [6, 6.07) is 5.39. The van der Waals surface area contributed by atoms with Gasteiger partial charge in [0, 0.05) is 6.42 Å². The zero-order valence-electron chi connectivity index (χ0n) is 9.97. The van der Waals surface area contributed by atoms with E-state index in [0.717, 1.165) is 0 Å². The fourth-order valence-electron chi connectivity index (χ4n) is 1.54. The highest BCUT2D eigenvalue weighted by Crippen LogP contribution is 2.21. The molecule has 1 aliphatic rings. The van der Waals surface area contributed by atoms with Gasteiger partial charge in [-0.1, -0.05) is 18.2 Å². The van der Waals surface area contributed by atoms with E-state index in [1.807, 2.05) is 12.2 Å². The number of benzene rings is 1. The van der Waals surface area contributed by atoms with Gasteiger partial charge in [-0.25, -0.2) is 0 Å². The van der Waals surface area contributed by atoms with E-state index >= 15 is 0 Å². The van der Waals surface area contributed by atoms with Crippen LogP contribution in [0, 0.1) is 0 Å². The molecule has 7 heteroatoms. The lowest BCUT2D eigenvalue weighted by molar-refractivity contribution is 0.483. The quantitative estimate of drug-likeness (QED) is 0.653. The minimum Gasteiger partial charge on any atom is -0.302 e. The Morgan fingerprint density at radius 3 is 2.42 bits per heavy atom. The van der Waals surface area contributed by atoms with Crippen LogP contribution < -0.4 is 5.73 Å². The molecule has 0 saturated carbocycles. The van der Waals surface area contributed by atoms with Gasteiger partial charge in [-0.2, -0.15) is 18.6 Å². The predicted molar refractivity (Wildman–Crippen MR) is 70.6 cm³/mol. The molecule has 100 valence electrons. The molecule has 0 amide bonds. The second-order valence-corrected chi connectivity index (χ2v) is 5.57. The molecule has 0 aliphatic heterocycles. The summed E-state index contributed by atoms with van der Waals surface area (Å²) in [5.41, 5.74) is 5.57. The molecule has 0 heterocycles. The highest BCUT2D eigenvalue weighted by molar-refractivity contribution is 7.85. The van der Waals surface area contributed by atoms with Gasteiger partial charge in [0.25, 0.3) is 10.1 Å². The van der Waals surface area contributed by atoms with Crippen molar-refractivity contribution in [3.05, 3.63) is 48.6 Å². The molecule has 3 N–H and O–H groups in total. The molecule has 6 nitrogen and oxygen atoms in total. The Labute approximate surface area is 111 Å². The van der Waals surface area contributed by atoms with Crippen molar-refractivity contribution in [2.45, 2.75) is 17.0 Å². The van der Waals surface area contributed by atoms with E-state index in [1.165, 1.54) is 24.3 Å². The summed E-state index contributed by atoms with van der Waals surface area (Å²) in [6.45, 7) is 0. The molecule has 0 fully saturated rings. The molecule has 1 atom stereocenters. The fraction of sp³-hybridized carbons (Fsp3) is 0.167. The summed E-state index contributed by atoms with van der Waals surface area (Å²) in [7, 11) is -4.18. The number of hydrogen-bond acceptors (Lipinski definition) is 5. The standard InChI is InChI=1S/C12H13N3O3S/c13-12(8-2-1-3-9-12)15-14-10-4-6-11(7-5-10)19(16,17)18/h1-8H,9,13H2,(H,16,17,18)/b15-14+. The lowest BCUT2D eigenvalue weighted by Gasteiger charge is -2.19. The Bertz CT molecular complexity index is 647. The van der Waals surface area contributed by atoms with Crippen molar-refractivity contribution in [1.29, 1.82) is 0 Å². The third-order valence-corrected chi connectivity index (χ3v) is 3.43. The van der Waals surface area contributed by atoms with Crippen molar-refractivity contribution in [2.75, 3.05) is 0 Å². The largest absolute Gasteiger partial charge is 0.302 e. The minimum absolute atomic E-state index is 0.186. The average molecular weight is 279 g/mol. The van der Waals surface area contributed by atoms with Crippen LogP contribution in [0.4, 0.5) is 5.69 Å². The smallest absolute Gasteiger partial charge is 0.294 e. The number of rotatable bonds is 3. The van der Waals surface area contributed by atoms with Gasteiger partial charge in [0.1, 0.15) is 0 Å². The maximum absolute atomic E-state index is 10.9. The van der Waals surface area contributed by atoms with Crippen LogP contribution in [0.2, 0.25) is 0 Å². The van der Waals surface area contributed by atoms with Gasteiger partial charge in [-0.3, -0.25) is 4.55 Å². The molecule has 1 unspecified atom stereocenters. The Morgan fingerprint density at radius 2 is 1.89 bits per heavy atom. The van der Waals surface area contributed by atoms with Gasteiger partial charge in [0.05, 0.1) is 10.6 Å². The maximum Gasteiger partial charge on any atom is 0.294 e. The van der Waals surface area contributed by atoms with E-state index in [2.05, 4.69) is 10.2 Å². The molecule has 1 aliphatic carbocycles. The van der Waals surface area contributed by atoms with Crippen LogP contribution in [0.5, 0.6) is 0 Å². The van der Waals surface area contributed by atoms with Gasteiger partial charge in [-0.15, -0.1) is 0 Å². The van der Waals surface area contributed by atoms with Crippen molar-refractivity contribution in [1.82, 2.24) is 0 Å². The average Bonchev–Trinajstić information content (AvgIpc) is 2.37. The van der Waals surface area contributed by atoms with Gasteiger partial charge in [0.15, 0.2) is 5.66 Å². The van der Waals surface area contributed by atoms with Crippen molar-refractivity contribution in [3.63, 3.8) is 0 Å². The normalized spacial score (nSPS) is 23.1. The second kappa shape index (κ2) is 5.04. The molecular weight excluding hydrogens is 266 g/mol. The summed E-state index contributed by atoms with van der Waals surface area (Å²) >= 11 is 0. The molecule has 0 spiro atoms. The summed E-state index contributed by atoms with van der Waals surface area (Å²) < 4.78 is 30.6. The molecule has 0 aromatic heterocycles. The number of nitrogens with two attached hydrogens (primary N) is 1. The van der Waals surface area contributed by atoms with Crippen LogP contribution in [-0.2, 0) is 10.1 Å². The molecule has 2 rings (SSSR count). The first-order valence-corrected chi connectivity index (χ1v) is 6.97. The highest BCUT2D eigenvalue weighted by atomic mass is 32.2. The van der Waals surface area contributed by atoms with E-state index in [0.29, 0.717) is 12.1 Å². The van der Waals surface area contributed by atoms with E-state index in [4.69, 9.17) is 10.3 Å². The summed E-state index contributed by atoms with van der Waals surface area (Å²) in [5, 5.41) is 7.99. The number of nitrogens with zero attached hydrogens (tertiary/aromatic N) is 2. The van der Waals surface area contributed by atoms with Crippen LogP contribution in [0.3, 0.4) is 0 Å². The third kappa shape index (κ3) is 3.57. The Morgan fingerprint density at radius 1 is 1.21 bits per heavy atom.